The number of hydrogen-bond donors (Lipinski definition) is 3. The largest absolute Gasteiger partial charge is 0.340 e. The Morgan fingerprint density at radius 1 is 0.971 bits per heavy atom. The monoisotopic (exact) mass is 462 g/mol. The first kappa shape index (κ1) is 23.1. The summed E-state index contributed by atoms with van der Waals surface area (Å²) in [5, 5.41) is 19.5. The van der Waals surface area contributed by atoms with Crippen molar-refractivity contribution < 1.29 is 4.79 Å². The van der Waals surface area contributed by atoms with Crippen LogP contribution >= 0.6 is 0 Å². The standard InChI is InChI=1S/C26H22N8O/c1-17-13-20(16-30-34-25(35)21-7-10-28-11-8-21)14-18(2)24(17)32-23-9-12-29-26(33-23)31-22-5-3-19(15-27)4-6-22/h3-14,16H,1-2H3,(H,34,35)(H2,29,31,32,33). The van der Waals surface area contributed by atoms with E-state index in [1.54, 1.807) is 67.3 Å². The SMILES string of the molecule is Cc1cc(C=NNC(=O)c2ccncc2)cc(C)c1Nc1ccnc(Nc2ccc(C#N)cc2)n1. The van der Waals surface area contributed by atoms with E-state index in [0.717, 1.165) is 28.1 Å². The molecule has 35 heavy (non-hydrogen) atoms. The fourth-order valence-electron chi connectivity index (χ4n) is 3.38. The Bertz CT molecular complexity index is 1390. The summed E-state index contributed by atoms with van der Waals surface area (Å²) in [7, 11) is 0. The number of pyridine rings is 1. The van der Waals surface area contributed by atoms with Crippen molar-refractivity contribution in [2.24, 2.45) is 5.10 Å². The Kier molecular flexibility index (Phi) is 7.04. The lowest BCUT2D eigenvalue weighted by Gasteiger charge is -2.14. The molecule has 172 valence electrons. The number of benzene rings is 2. The number of hydrazone groups is 1. The second kappa shape index (κ2) is 10.7. The molecular formula is C26H22N8O. The molecule has 2 aromatic heterocycles. The van der Waals surface area contributed by atoms with Gasteiger partial charge in [-0.3, -0.25) is 9.78 Å². The lowest BCUT2D eigenvalue weighted by molar-refractivity contribution is 0.0955. The molecular weight excluding hydrogens is 440 g/mol. The van der Waals surface area contributed by atoms with Crippen LogP contribution in [0.3, 0.4) is 0 Å². The molecule has 0 atom stereocenters. The maximum atomic E-state index is 12.1. The van der Waals surface area contributed by atoms with E-state index in [0.29, 0.717) is 22.9 Å². The average molecular weight is 463 g/mol. The maximum absolute atomic E-state index is 12.1. The summed E-state index contributed by atoms with van der Waals surface area (Å²) < 4.78 is 0. The number of nitriles is 1. The minimum atomic E-state index is -0.301. The van der Waals surface area contributed by atoms with Gasteiger partial charge in [0.05, 0.1) is 17.8 Å². The highest BCUT2D eigenvalue weighted by Gasteiger charge is 2.08. The van der Waals surface area contributed by atoms with Gasteiger partial charge in [-0.05, 0) is 85.1 Å². The minimum Gasteiger partial charge on any atom is -0.340 e. The van der Waals surface area contributed by atoms with E-state index >= 15 is 0 Å². The van der Waals surface area contributed by atoms with E-state index in [4.69, 9.17) is 5.26 Å². The number of amides is 1. The zero-order valence-corrected chi connectivity index (χ0v) is 19.1. The lowest BCUT2D eigenvalue weighted by Crippen LogP contribution is -2.17. The molecule has 9 nitrogen and oxygen atoms in total. The van der Waals surface area contributed by atoms with Gasteiger partial charge in [-0.1, -0.05) is 0 Å². The molecule has 9 heteroatoms. The van der Waals surface area contributed by atoms with Crippen LogP contribution in [0.4, 0.5) is 23.1 Å². The summed E-state index contributed by atoms with van der Waals surface area (Å²) >= 11 is 0. The van der Waals surface area contributed by atoms with Gasteiger partial charge >= 0.3 is 0 Å². The summed E-state index contributed by atoms with van der Waals surface area (Å²) in [4.78, 5) is 24.8. The van der Waals surface area contributed by atoms with E-state index in [2.05, 4.69) is 42.2 Å². The van der Waals surface area contributed by atoms with Gasteiger partial charge in [0, 0.05) is 35.5 Å². The smallest absolute Gasteiger partial charge is 0.271 e. The molecule has 0 aliphatic heterocycles. The highest BCUT2D eigenvalue weighted by Crippen LogP contribution is 2.25. The van der Waals surface area contributed by atoms with Crippen LogP contribution in [0.25, 0.3) is 0 Å². The van der Waals surface area contributed by atoms with Crippen molar-refractivity contribution >= 4 is 35.3 Å². The number of carbonyl (C=O) groups is 1. The van der Waals surface area contributed by atoms with Crippen LogP contribution in [0.2, 0.25) is 0 Å². The second-order valence-electron chi connectivity index (χ2n) is 7.67. The summed E-state index contributed by atoms with van der Waals surface area (Å²) in [6.45, 7) is 3.97. The van der Waals surface area contributed by atoms with Crippen LogP contribution in [0, 0.1) is 25.2 Å². The normalized spacial score (nSPS) is 10.5. The Morgan fingerprint density at radius 2 is 1.69 bits per heavy atom. The van der Waals surface area contributed by atoms with E-state index in [1.807, 2.05) is 26.0 Å². The maximum Gasteiger partial charge on any atom is 0.271 e. The van der Waals surface area contributed by atoms with Crippen molar-refractivity contribution in [3.63, 3.8) is 0 Å². The van der Waals surface area contributed by atoms with Crippen molar-refractivity contribution in [2.45, 2.75) is 13.8 Å². The third-order valence-electron chi connectivity index (χ3n) is 5.06. The molecule has 0 aliphatic carbocycles. The molecule has 0 unspecified atom stereocenters. The van der Waals surface area contributed by atoms with Gasteiger partial charge in [0.1, 0.15) is 5.82 Å². The molecule has 0 saturated carbocycles. The Balaban J connectivity index is 1.43. The molecule has 3 N–H and O–H groups in total. The van der Waals surface area contributed by atoms with Crippen molar-refractivity contribution in [1.29, 1.82) is 5.26 Å². The number of nitrogens with zero attached hydrogens (tertiary/aromatic N) is 5. The van der Waals surface area contributed by atoms with Gasteiger partial charge in [0.2, 0.25) is 5.95 Å². The van der Waals surface area contributed by atoms with Crippen LogP contribution in [0.1, 0.15) is 32.6 Å². The third kappa shape index (κ3) is 6.03. The Hall–Kier alpha value is -5.10. The van der Waals surface area contributed by atoms with E-state index in [1.165, 1.54) is 0 Å². The molecule has 0 fully saturated rings. The topological polar surface area (TPSA) is 128 Å². The summed E-state index contributed by atoms with van der Waals surface area (Å²) in [5.74, 6) is 0.765. The number of aromatic nitrogens is 3. The molecule has 0 bridgehead atoms. The van der Waals surface area contributed by atoms with Gasteiger partial charge in [-0.15, -0.1) is 0 Å². The quantitative estimate of drug-likeness (QED) is 0.270. The number of carbonyl (C=O) groups excluding carboxylic acids is 1. The summed E-state index contributed by atoms with van der Waals surface area (Å²) in [6, 6.07) is 18.1. The molecule has 2 aromatic carbocycles. The van der Waals surface area contributed by atoms with E-state index < -0.39 is 0 Å². The minimum absolute atomic E-state index is 0.301. The van der Waals surface area contributed by atoms with Crippen molar-refractivity contribution in [1.82, 2.24) is 20.4 Å². The van der Waals surface area contributed by atoms with Gasteiger partial charge in [0.25, 0.3) is 5.91 Å². The van der Waals surface area contributed by atoms with Crippen molar-refractivity contribution in [3.8, 4) is 6.07 Å². The van der Waals surface area contributed by atoms with Gasteiger partial charge in [-0.2, -0.15) is 15.3 Å². The predicted molar refractivity (Wildman–Crippen MR) is 135 cm³/mol. The highest BCUT2D eigenvalue weighted by atomic mass is 16.2. The fourth-order valence-corrected chi connectivity index (χ4v) is 3.38. The molecule has 1 amide bonds. The second-order valence-corrected chi connectivity index (χ2v) is 7.67. The van der Waals surface area contributed by atoms with Gasteiger partial charge in [0.15, 0.2) is 0 Å². The van der Waals surface area contributed by atoms with Crippen LogP contribution in [-0.2, 0) is 0 Å². The molecule has 2 heterocycles. The zero-order chi connectivity index (χ0) is 24.6. The molecule has 0 radical (unpaired) electrons. The number of anilines is 4. The number of nitrogens with one attached hydrogen (secondary N) is 3. The van der Waals surface area contributed by atoms with E-state index in [-0.39, 0.29) is 5.91 Å². The zero-order valence-electron chi connectivity index (χ0n) is 19.1. The molecule has 0 saturated heterocycles. The molecule has 4 rings (SSSR count). The molecule has 0 spiro atoms. The first-order valence-electron chi connectivity index (χ1n) is 10.7. The first-order chi connectivity index (χ1) is 17.0. The predicted octanol–water partition coefficient (Wildman–Crippen LogP) is 4.61. The lowest BCUT2D eigenvalue weighted by atomic mass is 10.0. The number of hydrogen-bond acceptors (Lipinski definition) is 8. The van der Waals surface area contributed by atoms with Gasteiger partial charge in [-0.25, -0.2) is 10.4 Å². The highest BCUT2D eigenvalue weighted by molar-refractivity contribution is 5.94. The van der Waals surface area contributed by atoms with Crippen LogP contribution in [0.5, 0.6) is 0 Å². The van der Waals surface area contributed by atoms with E-state index in [9.17, 15) is 4.79 Å². The third-order valence-corrected chi connectivity index (χ3v) is 5.06. The van der Waals surface area contributed by atoms with Crippen molar-refractivity contribution in [3.05, 3.63) is 101 Å². The number of aryl methyl sites for hydroxylation is 2. The summed E-state index contributed by atoms with van der Waals surface area (Å²) in [5.41, 5.74) is 8.14. The van der Waals surface area contributed by atoms with Crippen LogP contribution < -0.4 is 16.1 Å². The molecule has 4 aromatic rings. The fraction of sp³-hybridized carbons (Fsp3) is 0.0769. The molecule has 0 aliphatic rings. The Labute approximate surface area is 202 Å². The average Bonchev–Trinajstić information content (AvgIpc) is 2.87. The Morgan fingerprint density at radius 3 is 2.37 bits per heavy atom. The summed E-state index contributed by atoms with van der Waals surface area (Å²) in [6.07, 6.45) is 6.38. The van der Waals surface area contributed by atoms with Crippen molar-refractivity contribution in [2.75, 3.05) is 10.6 Å². The first-order valence-corrected chi connectivity index (χ1v) is 10.7. The number of rotatable bonds is 7. The van der Waals surface area contributed by atoms with Crippen LogP contribution in [-0.4, -0.2) is 27.1 Å². The van der Waals surface area contributed by atoms with Gasteiger partial charge < -0.3 is 10.6 Å². The van der Waals surface area contributed by atoms with Crippen LogP contribution in [0.15, 0.2) is 78.3 Å².